The number of alkyl carbamates (subject to hydrolysis) is 1. The number of hydrogen-bond donors (Lipinski definition) is 2. The molecule has 0 spiro atoms. The highest BCUT2D eigenvalue weighted by atomic mass is 16.5. The van der Waals surface area contributed by atoms with Gasteiger partial charge in [-0.2, -0.15) is 0 Å². The first-order valence-electron chi connectivity index (χ1n) is 5.36. The summed E-state index contributed by atoms with van der Waals surface area (Å²) >= 11 is 0. The minimum absolute atomic E-state index is 0.148. The number of aliphatic hydroxyl groups excluding tert-OH is 1. The zero-order valence-electron chi connectivity index (χ0n) is 10.1. The molecule has 0 bridgehead atoms. The van der Waals surface area contributed by atoms with Gasteiger partial charge in [-0.15, -0.1) is 0 Å². The van der Waals surface area contributed by atoms with Crippen LogP contribution in [0.15, 0.2) is 12.7 Å². The van der Waals surface area contributed by atoms with Crippen molar-refractivity contribution in [2.24, 2.45) is 0 Å². The predicted octanol–water partition coefficient (Wildman–Crippen LogP) is 1.07. The van der Waals surface area contributed by atoms with Gasteiger partial charge >= 0.3 is 6.09 Å². The van der Waals surface area contributed by atoms with Crippen molar-refractivity contribution >= 4 is 6.09 Å². The minimum atomic E-state index is -0.767. The summed E-state index contributed by atoms with van der Waals surface area (Å²) in [6.45, 7) is 9.38. The molecule has 1 amide bonds. The van der Waals surface area contributed by atoms with E-state index in [0.29, 0.717) is 6.61 Å². The molecule has 3 atom stereocenters. The van der Waals surface area contributed by atoms with Crippen LogP contribution in [0.5, 0.6) is 0 Å². The normalized spacial score (nSPS) is 16.0. The molecule has 0 aliphatic heterocycles. The summed E-state index contributed by atoms with van der Waals surface area (Å²) < 4.78 is 9.96. The fraction of sp³-hybridized carbons (Fsp3) is 0.727. The van der Waals surface area contributed by atoms with Crippen LogP contribution in [0, 0.1) is 0 Å². The Kier molecular flexibility index (Phi) is 7.58. The van der Waals surface area contributed by atoms with Gasteiger partial charge in [-0.25, -0.2) is 4.79 Å². The van der Waals surface area contributed by atoms with Gasteiger partial charge in [-0.05, 0) is 20.8 Å². The Morgan fingerprint density at radius 3 is 2.69 bits per heavy atom. The molecule has 0 saturated carbocycles. The number of carbonyl (C=O) groups is 1. The summed E-state index contributed by atoms with van der Waals surface area (Å²) in [6, 6.07) is -0.432. The van der Waals surface area contributed by atoms with Crippen LogP contribution in [-0.4, -0.2) is 42.7 Å². The van der Waals surface area contributed by atoms with E-state index < -0.39 is 18.2 Å². The molecule has 0 rings (SSSR count). The maximum absolute atomic E-state index is 11.2. The fourth-order valence-electron chi connectivity index (χ4n) is 1.22. The molecule has 94 valence electrons. The first-order valence-corrected chi connectivity index (χ1v) is 5.36. The molecular formula is C11H21NO4. The second-order valence-electron chi connectivity index (χ2n) is 3.47. The van der Waals surface area contributed by atoms with Crippen molar-refractivity contribution in [3.05, 3.63) is 12.7 Å². The Morgan fingerprint density at radius 1 is 1.56 bits per heavy atom. The van der Waals surface area contributed by atoms with Gasteiger partial charge in [0.25, 0.3) is 0 Å². The smallest absolute Gasteiger partial charge is 0.407 e. The van der Waals surface area contributed by atoms with Crippen LogP contribution < -0.4 is 5.32 Å². The molecule has 0 heterocycles. The van der Waals surface area contributed by atoms with Crippen LogP contribution in [0.2, 0.25) is 0 Å². The van der Waals surface area contributed by atoms with Crippen LogP contribution in [0.3, 0.4) is 0 Å². The third-order valence-corrected chi connectivity index (χ3v) is 2.10. The number of amides is 1. The topological polar surface area (TPSA) is 67.8 Å². The van der Waals surface area contributed by atoms with Crippen molar-refractivity contribution in [3.8, 4) is 0 Å². The van der Waals surface area contributed by atoms with Crippen LogP contribution in [0.4, 0.5) is 4.79 Å². The molecule has 0 saturated heterocycles. The van der Waals surface area contributed by atoms with E-state index in [1.54, 1.807) is 13.8 Å². The SMILES string of the molecule is C=CCOC(=O)NC(C)C(O)C(C)OCC. The van der Waals surface area contributed by atoms with Crippen LogP contribution in [0.1, 0.15) is 20.8 Å². The van der Waals surface area contributed by atoms with Crippen molar-refractivity contribution in [1.82, 2.24) is 5.32 Å². The number of hydrogen-bond acceptors (Lipinski definition) is 4. The second kappa shape index (κ2) is 8.13. The quantitative estimate of drug-likeness (QED) is 0.643. The summed E-state index contributed by atoms with van der Waals surface area (Å²) in [5, 5.41) is 12.3. The highest BCUT2D eigenvalue weighted by Crippen LogP contribution is 2.04. The highest BCUT2D eigenvalue weighted by Gasteiger charge is 2.23. The zero-order chi connectivity index (χ0) is 12.6. The van der Waals surface area contributed by atoms with Gasteiger partial charge in [-0.3, -0.25) is 0 Å². The van der Waals surface area contributed by atoms with Gasteiger partial charge in [-0.1, -0.05) is 12.7 Å². The zero-order valence-corrected chi connectivity index (χ0v) is 10.1. The molecule has 5 nitrogen and oxygen atoms in total. The number of nitrogens with one attached hydrogen (secondary N) is 1. The van der Waals surface area contributed by atoms with Crippen LogP contribution in [0.25, 0.3) is 0 Å². The molecule has 0 aromatic rings. The van der Waals surface area contributed by atoms with E-state index in [1.165, 1.54) is 6.08 Å². The Bertz CT molecular complexity index is 220. The predicted molar refractivity (Wildman–Crippen MR) is 61.2 cm³/mol. The molecule has 0 aromatic heterocycles. The molecule has 3 unspecified atom stereocenters. The fourth-order valence-corrected chi connectivity index (χ4v) is 1.22. The minimum Gasteiger partial charge on any atom is -0.445 e. The van der Waals surface area contributed by atoms with E-state index in [4.69, 9.17) is 9.47 Å². The molecule has 5 heteroatoms. The van der Waals surface area contributed by atoms with E-state index >= 15 is 0 Å². The Morgan fingerprint density at radius 2 is 2.19 bits per heavy atom. The lowest BCUT2D eigenvalue weighted by Gasteiger charge is -2.25. The number of ether oxygens (including phenoxy) is 2. The maximum Gasteiger partial charge on any atom is 0.407 e. The van der Waals surface area contributed by atoms with E-state index in [0.717, 1.165) is 0 Å². The van der Waals surface area contributed by atoms with Crippen molar-refractivity contribution in [2.45, 2.75) is 39.0 Å². The number of aliphatic hydroxyl groups is 1. The van der Waals surface area contributed by atoms with Crippen LogP contribution >= 0.6 is 0 Å². The lowest BCUT2D eigenvalue weighted by atomic mass is 10.1. The van der Waals surface area contributed by atoms with Crippen molar-refractivity contribution in [2.75, 3.05) is 13.2 Å². The lowest BCUT2D eigenvalue weighted by Crippen LogP contribution is -2.46. The highest BCUT2D eigenvalue weighted by molar-refractivity contribution is 5.67. The molecule has 0 fully saturated rings. The molecule has 0 aliphatic rings. The van der Waals surface area contributed by atoms with Gasteiger partial charge in [0.2, 0.25) is 0 Å². The summed E-state index contributed by atoms with van der Waals surface area (Å²) in [4.78, 5) is 11.2. The third kappa shape index (κ3) is 5.72. The molecule has 16 heavy (non-hydrogen) atoms. The van der Waals surface area contributed by atoms with E-state index in [2.05, 4.69) is 11.9 Å². The lowest BCUT2D eigenvalue weighted by molar-refractivity contribution is -0.0346. The standard InChI is InChI=1S/C11H21NO4/c1-5-7-16-11(14)12-8(3)10(13)9(4)15-6-2/h5,8-10,13H,1,6-7H2,2-4H3,(H,12,14). The Labute approximate surface area is 96.4 Å². The van der Waals surface area contributed by atoms with E-state index in [1.807, 2.05) is 6.92 Å². The maximum atomic E-state index is 11.2. The molecular weight excluding hydrogens is 210 g/mol. The second-order valence-corrected chi connectivity index (χ2v) is 3.47. The summed E-state index contributed by atoms with van der Waals surface area (Å²) in [5.74, 6) is 0. The molecule has 0 aromatic carbocycles. The summed E-state index contributed by atoms with van der Waals surface area (Å²) in [6.07, 6.45) is -0.199. The molecule has 2 N–H and O–H groups in total. The Hall–Kier alpha value is -1.07. The van der Waals surface area contributed by atoms with E-state index in [-0.39, 0.29) is 12.7 Å². The van der Waals surface area contributed by atoms with Crippen LogP contribution in [-0.2, 0) is 9.47 Å². The first-order chi connectivity index (χ1) is 7.52. The number of rotatable bonds is 7. The summed E-state index contributed by atoms with van der Waals surface area (Å²) in [5.41, 5.74) is 0. The average molecular weight is 231 g/mol. The largest absolute Gasteiger partial charge is 0.445 e. The first kappa shape index (κ1) is 14.9. The molecule has 0 radical (unpaired) electrons. The third-order valence-electron chi connectivity index (χ3n) is 2.10. The van der Waals surface area contributed by atoms with Gasteiger partial charge in [0.1, 0.15) is 6.61 Å². The van der Waals surface area contributed by atoms with Gasteiger partial charge in [0, 0.05) is 6.61 Å². The van der Waals surface area contributed by atoms with Gasteiger partial charge < -0.3 is 19.9 Å². The van der Waals surface area contributed by atoms with E-state index in [9.17, 15) is 9.90 Å². The number of carbonyl (C=O) groups excluding carboxylic acids is 1. The van der Waals surface area contributed by atoms with Crippen molar-refractivity contribution < 1.29 is 19.4 Å². The van der Waals surface area contributed by atoms with Crippen molar-refractivity contribution in [1.29, 1.82) is 0 Å². The van der Waals surface area contributed by atoms with Gasteiger partial charge in [0.15, 0.2) is 0 Å². The van der Waals surface area contributed by atoms with Gasteiger partial charge in [0.05, 0.1) is 18.2 Å². The Balaban J connectivity index is 3.98. The average Bonchev–Trinajstić information content (AvgIpc) is 2.25. The summed E-state index contributed by atoms with van der Waals surface area (Å²) in [7, 11) is 0. The molecule has 0 aliphatic carbocycles. The monoisotopic (exact) mass is 231 g/mol. The van der Waals surface area contributed by atoms with Crippen molar-refractivity contribution in [3.63, 3.8) is 0 Å².